The first-order valence-electron chi connectivity index (χ1n) is 6.30. The molecule has 1 aliphatic rings. The van der Waals surface area contributed by atoms with E-state index < -0.39 is 0 Å². The van der Waals surface area contributed by atoms with Crippen LogP contribution in [0.3, 0.4) is 0 Å². The van der Waals surface area contributed by atoms with Gasteiger partial charge in [-0.1, -0.05) is 0 Å². The van der Waals surface area contributed by atoms with E-state index in [-0.39, 0.29) is 17.7 Å². The number of rotatable bonds is 6. The molecule has 0 aliphatic heterocycles. The van der Waals surface area contributed by atoms with Gasteiger partial charge in [0.15, 0.2) is 5.76 Å². The monoisotopic (exact) mass is 266 g/mol. The Hall–Kier alpha value is -1.82. The highest BCUT2D eigenvalue weighted by molar-refractivity contribution is 6.02. The molecule has 104 valence electrons. The number of ether oxygens (including phenoxy) is 2. The van der Waals surface area contributed by atoms with Crippen molar-refractivity contribution >= 4 is 11.9 Å². The second-order valence-corrected chi connectivity index (χ2v) is 4.36. The summed E-state index contributed by atoms with van der Waals surface area (Å²) < 4.78 is 15.3. The third-order valence-electron chi connectivity index (χ3n) is 2.68. The van der Waals surface area contributed by atoms with Gasteiger partial charge in [0.25, 0.3) is 11.9 Å². The van der Waals surface area contributed by atoms with Gasteiger partial charge in [-0.3, -0.25) is 10.1 Å². The largest absolute Gasteiger partial charge is 0.463 e. The molecule has 1 aromatic rings. The fraction of sp³-hybridized carbons (Fsp3) is 0.538. The van der Waals surface area contributed by atoms with Gasteiger partial charge >= 0.3 is 0 Å². The molecule has 1 saturated carbocycles. The summed E-state index contributed by atoms with van der Waals surface area (Å²) in [6.45, 7) is 1.47. The first kappa shape index (κ1) is 13.6. The van der Waals surface area contributed by atoms with Gasteiger partial charge < -0.3 is 13.9 Å². The molecule has 0 aromatic carbocycles. The lowest BCUT2D eigenvalue weighted by Crippen LogP contribution is -2.33. The molecule has 0 spiro atoms. The van der Waals surface area contributed by atoms with Gasteiger partial charge in [-0.2, -0.15) is 0 Å². The summed E-state index contributed by atoms with van der Waals surface area (Å²) in [5.74, 6) is 0.493. The molecule has 1 amide bonds. The number of furan rings is 1. The second kappa shape index (κ2) is 6.94. The van der Waals surface area contributed by atoms with Gasteiger partial charge in [-0.05, 0) is 30.9 Å². The molecular weight excluding hydrogens is 248 g/mol. The molecule has 19 heavy (non-hydrogen) atoms. The summed E-state index contributed by atoms with van der Waals surface area (Å²) in [6.07, 6.45) is 3.84. The minimum atomic E-state index is -0.364. The molecule has 1 aliphatic carbocycles. The Bertz CT molecular complexity index is 424. The van der Waals surface area contributed by atoms with Crippen molar-refractivity contribution in [1.29, 1.82) is 0 Å². The Morgan fingerprint density at radius 2 is 2.37 bits per heavy atom. The van der Waals surface area contributed by atoms with Crippen LogP contribution in [0.4, 0.5) is 0 Å². The number of nitrogens with zero attached hydrogens (tertiary/aromatic N) is 1. The van der Waals surface area contributed by atoms with Crippen LogP contribution in [0.25, 0.3) is 0 Å². The zero-order valence-electron chi connectivity index (χ0n) is 10.9. The molecule has 0 radical (unpaired) electrons. The standard InChI is InChI=1S/C13H18N2O4/c1-17-7-8-19-13(14-9-10-4-5-10)15-12(16)11-3-2-6-18-11/h2-3,6,10H,4-5,7-9H2,1H3,(H,14,15,16). The Morgan fingerprint density at radius 1 is 1.53 bits per heavy atom. The molecule has 1 aromatic heterocycles. The average molecular weight is 266 g/mol. The van der Waals surface area contributed by atoms with Gasteiger partial charge in [0.2, 0.25) is 0 Å². The van der Waals surface area contributed by atoms with Gasteiger partial charge in [-0.15, -0.1) is 0 Å². The summed E-state index contributed by atoms with van der Waals surface area (Å²) in [5.41, 5.74) is 0. The summed E-state index contributed by atoms with van der Waals surface area (Å²) in [6, 6.07) is 3.47. The highest BCUT2D eigenvalue weighted by Gasteiger charge is 2.21. The van der Waals surface area contributed by atoms with E-state index in [1.807, 2.05) is 0 Å². The molecular formula is C13H18N2O4. The summed E-state index contributed by atoms with van der Waals surface area (Å²) in [4.78, 5) is 16.1. The fourth-order valence-corrected chi connectivity index (χ4v) is 1.42. The highest BCUT2D eigenvalue weighted by atomic mass is 16.5. The van der Waals surface area contributed by atoms with Gasteiger partial charge in [0, 0.05) is 13.7 Å². The van der Waals surface area contributed by atoms with E-state index in [1.165, 1.54) is 19.1 Å². The quantitative estimate of drug-likeness (QED) is 0.480. The number of methoxy groups -OCH3 is 1. The molecule has 2 rings (SSSR count). The third kappa shape index (κ3) is 4.75. The predicted octanol–water partition coefficient (Wildman–Crippen LogP) is 1.44. The maximum absolute atomic E-state index is 11.8. The Balaban J connectivity index is 1.87. The van der Waals surface area contributed by atoms with Crippen LogP contribution < -0.4 is 5.32 Å². The maximum Gasteiger partial charge on any atom is 0.294 e. The van der Waals surface area contributed by atoms with Crippen molar-refractivity contribution in [2.45, 2.75) is 12.8 Å². The summed E-state index contributed by atoms with van der Waals surface area (Å²) >= 11 is 0. The normalized spacial score (nSPS) is 15.3. The smallest absolute Gasteiger partial charge is 0.294 e. The van der Waals surface area contributed by atoms with E-state index in [1.54, 1.807) is 19.2 Å². The van der Waals surface area contributed by atoms with Crippen LogP contribution in [0, 0.1) is 5.92 Å². The zero-order chi connectivity index (χ0) is 13.5. The van der Waals surface area contributed by atoms with E-state index in [2.05, 4.69) is 10.3 Å². The molecule has 0 unspecified atom stereocenters. The van der Waals surface area contributed by atoms with Gasteiger partial charge in [0.1, 0.15) is 6.61 Å². The van der Waals surface area contributed by atoms with E-state index in [0.717, 1.165) is 0 Å². The first-order valence-corrected chi connectivity index (χ1v) is 6.30. The van der Waals surface area contributed by atoms with Crippen molar-refractivity contribution in [2.24, 2.45) is 10.9 Å². The third-order valence-corrected chi connectivity index (χ3v) is 2.68. The molecule has 1 heterocycles. The van der Waals surface area contributed by atoms with E-state index in [4.69, 9.17) is 13.9 Å². The minimum Gasteiger partial charge on any atom is -0.463 e. The maximum atomic E-state index is 11.8. The minimum absolute atomic E-state index is 0.227. The van der Waals surface area contributed by atoms with Gasteiger partial charge in [-0.25, -0.2) is 4.99 Å². The Morgan fingerprint density at radius 3 is 3.00 bits per heavy atom. The van der Waals surface area contributed by atoms with Crippen molar-refractivity contribution < 1.29 is 18.7 Å². The van der Waals surface area contributed by atoms with E-state index >= 15 is 0 Å². The van der Waals surface area contributed by atoms with Crippen LogP contribution in [0.2, 0.25) is 0 Å². The van der Waals surface area contributed by atoms with Gasteiger partial charge in [0.05, 0.1) is 12.9 Å². The molecule has 0 atom stereocenters. The van der Waals surface area contributed by atoms with Crippen LogP contribution in [-0.2, 0) is 9.47 Å². The molecule has 6 heteroatoms. The van der Waals surface area contributed by atoms with Crippen molar-refractivity contribution in [3.63, 3.8) is 0 Å². The molecule has 0 saturated heterocycles. The topological polar surface area (TPSA) is 73.1 Å². The second-order valence-electron chi connectivity index (χ2n) is 4.36. The fourth-order valence-electron chi connectivity index (χ4n) is 1.42. The number of hydrogen-bond donors (Lipinski definition) is 1. The van der Waals surface area contributed by atoms with Crippen molar-refractivity contribution in [2.75, 3.05) is 26.9 Å². The number of hydrogen-bond acceptors (Lipinski definition) is 5. The SMILES string of the molecule is COCCOC(=NCC1CC1)NC(=O)c1ccco1. The molecule has 1 N–H and O–H groups in total. The average Bonchev–Trinajstić information content (AvgIpc) is 3.07. The predicted molar refractivity (Wildman–Crippen MR) is 69.0 cm³/mol. The number of carbonyl (C=O) groups is 1. The van der Waals surface area contributed by atoms with Crippen molar-refractivity contribution in [3.8, 4) is 0 Å². The zero-order valence-corrected chi connectivity index (χ0v) is 10.9. The number of amidine groups is 1. The first-order chi connectivity index (χ1) is 9.29. The van der Waals surface area contributed by atoms with Crippen LogP contribution in [-0.4, -0.2) is 38.8 Å². The molecule has 0 bridgehead atoms. The Kier molecular flexibility index (Phi) is 4.97. The van der Waals surface area contributed by atoms with Crippen LogP contribution in [0.1, 0.15) is 23.4 Å². The Labute approximate surface area is 111 Å². The number of amides is 1. The molecule has 6 nitrogen and oxygen atoms in total. The lowest BCUT2D eigenvalue weighted by Gasteiger charge is -2.09. The number of aliphatic imine (C=N–C) groups is 1. The number of carbonyl (C=O) groups excluding carboxylic acids is 1. The highest BCUT2D eigenvalue weighted by Crippen LogP contribution is 2.28. The lowest BCUT2D eigenvalue weighted by molar-refractivity contribution is 0.0927. The van der Waals surface area contributed by atoms with Crippen molar-refractivity contribution in [1.82, 2.24) is 5.32 Å². The summed E-state index contributed by atoms with van der Waals surface area (Å²) in [5, 5.41) is 2.60. The number of nitrogens with one attached hydrogen (secondary N) is 1. The van der Waals surface area contributed by atoms with Crippen molar-refractivity contribution in [3.05, 3.63) is 24.2 Å². The van der Waals surface area contributed by atoms with Crippen LogP contribution in [0.5, 0.6) is 0 Å². The lowest BCUT2D eigenvalue weighted by atomic mass is 10.4. The van der Waals surface area contributed by atoms with E-state index in [9.17, 15) is 4.79 Å². The van der Waals surface area contributed by atoms with E-state index in [0.29, 0.717) is 25.7 Å². The van der Waals surface area contributed by atoms with Crippen LogP contribution >= 0.6 is 0 Å². The molecule has 1 fully saturated rings. The van der Waals surface area contributed by atoms with Crippen LogP contribution in [0.15, 0.2) is 27.8 Å². The summed E-state index contributed by atoms with van der Waals surface area (Å²) in [7, 11) is 1.59.